The fourth-order valence-corrected chi connectivity index (χ4v) is 2.10. The predicted molar refractivity (Wildman–Crippen MR) is 66.6 cm³/mol. The molecule has 0 N–H and O–H groups in total. The number of hydrogen-bond donors (Lipinski definition) is 0. The quantitative estimate of drug-likeness (QED) is 0.461. The van der Waals surface area contributed by atoms with Crippen molar-refractivity contribution in [3.8, 4) is 0 Å². The molecule has 0 bridgehead atoms. The molecule has 0 atom stereocenters. The van der Waals surface area contributed by atoms with E-state index >= 15 is 0 Å². The molecule has 0 aromatic heterocycles. The van der Waals surface area contributed by atoms with Crippen molar-refractivity contribution in [1.82, 2.24) is 0 Å². The van der Waals surface area contributed by atoms with Gasteiger partial charge in [-0.2, -0.15) is 0 Å². The molecule has 0 heterocycles. The topological polar surface area (TPSA) is 17.1 Å². The number of rotatable bonds is 3. The summed E-state index contributed by atoms with van der Waals surface area (Å²) in [7, 11) is 0. The van der Waals surface area contributed by atoms with E-state index in [1.807, 2.05) is 25.1 Å². The Morgan fingerprint density at radius 3 is 2.85 bits per heavy atom. The molecular weight excluding hydrogens is 343 g/mol. The molecule has 13 heavy (non-hydrogen) atoms. The molecule has 0 saturated heterocycles. The van der Waals surface area contributed by atoms with Crippen LogP contribution < -0.4 is 0 Å². The maximum atomic E-state index is 11.6. The van der Waals surface area contributed by atoms with Gasteiger partial charge in [-0.25, -0.2) is 0 Å². The summed E-state index contributed by atoms with van der Waals surface area (Å²) in [5, 5.41) is 0.732. The van der Waals surface area contributed by atoms with Gasteiger partial charge in [0.1, 0.15) is 0 Å². The highest BCUT2D eigenvalue weighted by molar-refractivity contribution is 14.1. The number of alkyl halides is 1. The minimum atomic E-state index is 0.213. The zero-order valence-corrected chi connectivity index (χ0v) is 11.1. The molecule has 0 aliphatic heterocycles. The van der Waals surface area contributed by atoms with Crippen LogP contribution in [0.2, 0.25) is 0 Å². The van der Waals surface area contributed by atoms with E-state index in [0.29, 0.717) is 6.42 Å². The largest absolute Gasteiger partial charge is 0.294 e. The number of aryl methyl sites for hydroxylation is 1. The van der Waals surface area contributed by atoms with Crippen molar-refractivity contribution >= 4 is 44.3 Å². The Morgan fingerprint density at radius 1 is 1.54 bits per heavy atom. The molecule has 0 unspecified atom stereocenters. The molecule has 3 heteroatoms. The van der Waals surface area contributed by atoms with Crippen molar-refractivity contribution in [2.75, 3.05) is 5.33 Å². The van der Waals surface area contributed by atoms with Crippen molar-refractivity contribution in [3.63, 3.8) is 0 Å². The second-order valence-electron chi connectivity index (χ2n) is 2.80. The molecule has 1 nitrogen and oxygen atoms in total. The highest BCUT2D eigenvalue weighted by atomic mass is 127. The second-order valence-corrected chi connectivity index (χ2v) is 4.67. The maximum absolute atomic E-state index is 11.6. The van der Waals surface area contributed by atoms with Crippen molar-refractivity contribution in [3.05, 3.63) is 32.9 Å². The fraction of sp³-hybridized carbons (Fsp3) is 0.300. The SMILES string of the molecule is Cc1cccc(C(=O)CCBr)c1I. The molecule has 0 radical (unpaired) electrons. The van der Waals surface area contributed by atoms with Crippen LogP contribution in [0.25, 0.3) is 0 Å². The van der Waals surface area contributed by atoms with Crippen LogP contribution in [0.3, 0.4) is 0 Å². The molecular formula is C10H10BrIO. The number of hydrogen-bond acceptors (Lipinski definition) is 1. The van der Waals surface area contributed by atoms with E-state index in [1.54, 1.807) is 0 Å². The van der Waals surface area contributed by atoms with Gasteiger partial charge in [0.15, 0.2) is 5.78 Å². The fourth-order valence-electron chi connectivity index (χ4n) is 1.08. The predicted octanol–water partition coefficient (Wildman–Crippen LogP) is 3.57. The Kier molecular flexibility index (Phi) is 4.38. The lowest BCUT2D eigenvalue weighted by Crippen LogP contribution is -2.03. The molecule has 1 aromatic rings. The van der Waals surface area contributed by atoms with Crippen LogP contribution in [0.4, 0.5) is 0 Å². The van der Waals surface area contributed by atoms with Crippen LogP contribution in [0.5, 0.6) is 0 Å². The summed E-state index contributed by atoms with van der Waals surface area (Å²) in [4.78, 5) is 11.6. The molecule has 0 aliphatic rings. The van der Waals surface area contributed by atoms with Crippen LogP contribution in [0.15, 0.2) is 18.2 Å². The normalized spacial score (nSPS) is 10.1. The summed E-state index contributed by atoms with van der Waals surface area (Å²) in [6, 6.07) is 5.84. The van der Waals surface area contributed by atoms with E-state index in [-0.39, 0.29) is 5.78 Å². The van der Waals surface area contributed by atoms with Crippen molar-refractivity contribution in [2.24, 2.45) is 0 Å². The van der Waals surface area contributed by atoms with E-state index < -0.39 is 0 Å². The second kappa shape index (κ2) is 5.10. The summed E-state index contributed by atoms with van der Waals surface area (Å²) in [6.07, 6.45) is 0.569. The third-order valence-electron chi connectivity index (χ3n) is 1.81. The Balaban J connectivity index is 3.01. The monoisotopic (exact) mass is 352 g/mol. The van der Waals surface area contributed by atoms with Crippen LogP contribution in [-0.2, 0) is 0 Å². The van der Waals surface area contributed by atoms with Crippen LogP contribution >= 0.6 is 38.5 Å². The van der Waals surface area contributed by atoms with E-state index in [0.717, 1.165) is 14.5 Å². The van der Waals surface area contributed by atoms with Gasteiger partial charge in [-0.05, 0) is 35.1 Å². The van der Waals surface area contributed by atoms with E-state index in [4.69, 9.17) is 0 Å². The Hall–Kier alpha value is 0.100. The third kappa shape index (κ3) is 2.77. The zero-order valence-electron chi connectivity index (χ0n) is 7.31. The van der Waals surface area contributed by atoms with E-state index in [1.165, 1.54) is 5.56 Å². The van der Waals surface area contributed by atoms with Gasteiger partial charge >= 0.3 is 0 Å². The molecule has 0 saturated carbocycles. The molecule has 1 rings (SSSR count). The molecule has 0 amide bonds. The third-order valence-corrected chi connectivity index (χ3v) is 3.64. The molecule has 0 spiro atoms. The van der Waals surface area contributed by atoms with Crippen LogP contribution in [-0.4, -0.2) is 11.1 Å². The van der Waals surface area contributed by atoms with Crippen LogP contribution in [0, 0.1) is 10.5 Å². The summed E-state index contributed by atoms with van der Waals surface area (Å²) < 4.78 is 1.08. The van der Waals surface area contributed by atoms with Crippen molar-refractivity contribution in [2.45, 2.75) is 13.3 Å². The first-order chi connectivity index (χ1) is 6.16. The number of ketones is 1. The van der Waals surface area contributed by atoms with Gasteiger partial charge in [0, 0.05) is 20.9 Å². The minimum absolute atomic E-state index is 0.213. The van der Waals surface area contributed by atoms with E-state index in [2.05, 4.69) is 38.5 Å². The molecule has 70 valence electrons. The summed E-state index contributed by atoms with van der Waals surface area (Å²) in [5.74, 6) is 0.213. The maximum Gasteiger partial charge on any atom is 0.164 e. The Labute approximate surface area is 100 Å². The first kappa shape index (κ1) is 11.2. The van der Waals surface area contributed by atoms with E-state index in [9.17, 15) is 4.79 Å². The van der Waals surface area contributed by atoms with Gasteiger partial charge in [0.05, 0.1) is 0 Å². The highest BCUT2D eigenvalue weighted by Crippen LogP contribution is 2.18. The van der Waals surface area contributed by atoms with Gasteiger partial charge in [-0.3, -0.25) is 4.79 Å². The Morgan fingerprint density at radius 2 is 2.23 bits per heavy atom. The number of carbonyl (C=O) groups is 1. The number of benzene rings is 1. The van der Waals surface area contributed by atoms with Crippen molar-refractivity contribution < 1.29 is 4.79 Å². The Bertz CT molecular complexity index is 323. The minimum Gasteiger partial charge on any atom is -0.294 e. The summed E-state index contributed by atoms with van der Waals surface area (Å²) in [6.45, 7) is 2.02. The number of halogens is 2. The lowest BCUT2D eigenvalue weighted by Gasteiger charge is -2.04. The number of Topliss-reactive ketones (excluding diaryl/α,β-unsaturated/α-hetero) is 1. The summed E-state index contributed by atoms with van der Waals surface area (Å²) in [5.41, 5.74) is 2.01. The first-order valence-corrected chi connectivity index (χ1v) is 6.21. The summed E-state index contributed by atoms with van der Waals surface area (Å²) >= 11 is 5.49. The van der Waals surface area contributed by atoms with Gasteiger partial charge in [-0.1, -0.05) is 34.1 Å². The lowest BCUT2D eigenvalue weighted by molar-refractivity contribution is 0.0989. The molecule has 0 fully saturated rings. The van der Waals surface area contributed by atoms with Gasteiger partial charge in [0.25, 0.3) is 0 Å². The zero-order chi connectivity index (χ0) is 9.84. The van der Waals surface area contributed by atoms with Gasteiger partial charge < -0.3 is 0 Å². The van der Waals surface area contributed by atoms with Crippen LogP contribution in [0.1, 0.15) is 22.3 Å². The average molecular weight is 353 g/mol. The molecule has 0 aliphatic carbocycles. The average Bonchev–Trinajstić information content (AvgIpc) is 2.10. The lowest BCUT2D eigenvalue weighted by atomic mass is 10.1. The van der Waals surface area contributed by atoms with Gasteiger partial charge in [-0.15, -0.1) is 0 Å². The van der Waals surface area contributed by atoms with Gasteiger partial charge in [0.2, 0.25) is 0 Å². The molecule has 1 aromatic carbocycles. The number of carbonyl (C=O) groups excluding carboxylic acids is 1. The first-order valence-electron chi connectivity index (χ1n) is 4.01. The van der Waals surface area contributed by atoms with Crippen molar-refractivity contribution in [1.29, 1.82) is 0 Å². The highest BCUT2D eigenvalue weighted by Gasteiger charge is 2.09. The standard InChI is InChI=1S/C10H10BrIO/c1-7-3-2-4-8(10(7)12)9(13)5-6-11/h2-4H,5-6H2,1H3. The smallest absolute Gasteiger partial charge is 0.164 e.